The van der Waals surface area contributed by atoms with E-state index in [4.69, 9.17) is 5.73 Å². The van der Waals surface area contributed by atoms with Crippen molar-refractivity contribution in [3.63, 3.8) is 0 Å². The number of aryl methyl sites for hydroxylation is 1. The molecule has 0 bridgehead atoms. The molecule has 0 radical (unpaired) electrons. The number of urea groups is 1. The molecular weight excluding hydrogens is 262 g/mol. The van der Waals surface area contributed by atoms with E-state index in [2.05, 4.69) is 23.6 Å². The van der Waals surface area contributed by atoms with E-state index in [-0.39, 0.29) is 11.6 Å². The fourth-order valence-corrected chi connectivity index (χ4v) is 1.58. The summed E-state index contributed by atoms with van der Waals surface area (Å²) in [5, 5.41) is 5.31. The van der Waals surface area contributed by atoms with Crippen molar-refractivity contribution in [1.29, 1.82) is 0 Å². The Balaban J connectivity index is 0.000000690. The minimum Gasteiger partial charge on any atom is -0.341 e. The molecule has 4 nitrogen and oxygen atoms in total. The van der Waals surface area contributed by atoms with E-state index in [0.29, 0.717) is 0 Å². The molecule has 0 atom stereocenters. The smallest absolute Gasteiger partial charge is 0.318 e. The first kappa shape index (κ1) is 19.4. The quantitative estimate of drug-likeness (QED) is 0.720. The van der Waals surface area contributed by atoms with E-state index in [1.807, 2.05) is 39.0 Å². The van der Waals surface area contributed by atoms with Crippen LogP contribution in [0.5, 0.6) is 0 Å². The lowest BCUT2D eigenvalue weighted by atomic mass is 10.1. The molecule has 0 aromatic heterocycles. The van der Waals surface area contributed by atoms with Crippen LogP contribution in [-0.4, -0.2) is 18.6 Å². The van der Waals surface area contributed by atoms with E-state index in [9.17, 15) is 4.79 Å². The maximum atomic E-state index is 11.1. The van der Waals surface area contributed by atoms with Gasteiger partial charge in [-0.1, -0.05) is 31.9 Å². The summed E-state index contributed by atoms with van der Waals surface area (Å²) >= 11 is 0. The molecule has 0 heterocycles. The summed E-state index contributed by atoms with van der Waals surface area (Å²) in [5.41, 5.74) is 7.49. The molecule has 4 heteroatoms. The van der Waals surface area contributed by atoms with Gasteiger partial charge in [0.05, 0.1) is 0 Å². The molecule has 2 amide bonds. The molecule has 4 N–H and O–H groups in total. The number of nitrogens with one attached hydrogen (secondary N) is 2. The number of rotatable bonds is 5. The van der Waals surface area contributed by atoms with Crippen LogP contribution in [0.25, 0.3) is 0 Å². The Bertz CT molecular complexity index is 405. The van der Waals surface area contributed by atoms with Gasteiger partial charge in [-0.25, -0.2) is 4.79 Å². The zero-order chi connectivity index (χ0) is 16.3. The van der Waals surface area contributed by atoms with Crippen LogP contribution in [-0.2, 0) is 6.42 Å². The third-order valence-corrected chi connectivity index (χ3v) is 2.48. The van der Waals surface area contributed by atoms with Gasteiger partial charge < -0.3 is 16.4 Å². The largest absolute Gasteiger partial charge is 0.341 e. The highest BCUT2D eigenvalue weighted by Gasteiger charge is 1.99. The molecule has 0 aliphatic heterocycles. The molecule has 0 spiro atoms. The Labute approximate surface area is 129 Å². The van der Waals surface area contributed by atoms with E-state index in [1.54, 1.807) is 7.05 Å². The number of carbonyl (C=O) groups is 1. The number of carbonyl (C=O) groups excluding carboxylic acids is 1. The fraction of sp³-hybridized carbons (Fsp3) is 0.588. The molecule has 1 aromatic rings. The first-order chi connectivity index (χ1) is 9.76. The molecule has 0 fully saturated rings. The van der Waals surface area contributed by atoms with Crippen molar-refractivity contribution < 1.29 is 4.79 Å². The van der Waals surface area contributed by atoms with Crippen molar-refractivity contribution >= 4 is 11.7 Å². The highest BCUT2D eigenvalue weighted by Crippen LogP contribution is 2.13. The average Bonchev–Trinajstić information content (AvgIpc) is 2.37. The maximum absolute atomic E-state index is 11.1. The van der Waals surface area contributed by atoms with Crippen LogP contribution >= 0.6 is 0 Å². The van der Waals surface area contributed by atoms with Gasteiger partial charge in [0.15, 0.2) is 0 Å². The summed E-state index contributed by atoms with van der Waals surface area (Å²) in [4.78, 5) is 11.1. The molecule has 1 rings (SSSR count). The van der Waals surface area contributed by atoms with Crippen LogP contribution in [0.15, 0.2) is 24.3 Å². The Morgan fingerprint density at radius 2 is 1.86 bits per heavy atom. The molecule has 120 valence electrons. The van der Waals surface area contributed by atoms with E-state index in [1.165, 1.54) is 24.8 Å². The lowest BCUT2D eigenvalue weighted by Gasteiger charge is -2.06. The first-order valence-corrected chi connectivity index (χ1v) is 7.62. The summed E-state index contributed by atoms with van der Waals surface area (Å²) in [6, 6.07) is 7.84. The second-order valence-electron chi connectivity index (χ2n) is 6.23. The Kier molecular flexibility index (Phi) is 9.46. The minimum atomic E-state index is -0.175. The number of amides is 2. The van der Waals surface area contributed by atoms with Crippen LogP contribution in [0.1, 0.15) is 52.5 Å². The Hall–Kier alpha value is -1.55. The number of anilines is 1. The SMILES string of the molecule is CC(C)(C)N.CCCCCc1cccc(NC(=O)NC)c1. The van der Waals surface area contributed by atoms with Crippen LogP contribution in [0.2, 0.25) is 0 Å². The number of hydrogen-bond acceptors (Lipinski definition) is 2. The van der Waals surface area contributed by atoms with Gasteiger partial charge >= 0.3 is 6.03 Å². The highest BCUT2D eigenvalue weighted by molar-refractivity contribution is 5.89. The van der Waals surface area contributed by atoms with Crippen LogP contribution < -0.4 is 16.4 Å². The number of nitrogens with two attached hydrogens (primary N) is 1. The molecule has 0 unspecified atom stereocenters. The van der Waals surface area contributed by atoms with E-state index in [0.717, 1.165) is 12.1 Å². The van der Waals surface area contributed by atoms with Crippen molar-refractivity contribution in [3.8, 4) is 0 Å². The summed E-state index contributed by atoms with van der Waals surface area (Å²) < 4.78 is 0. The first-order valence-electron chi connectivity index (χ1n) is 7.62. The summed E-state index contributed by atoms with van der Waals surface area (Å²) in [7, 11) is 1.61. The van der Waals surface area contributed by atoms with Gasteiger partial charge in [0.2, 0.25) is 0 Å². The van der Waals surface area contributed by atoms with Gasteiger partial charge in [-0.15, -0.1) is 0 Å². The second kappa shape index (κ2) is 10.2. The molecule has 0 aliphatic carbocycles. The summed E-state index contributed by atoms with van der Waals surface area (Å²) in [6.45, 7) is 8.09. The van der Waals surface area contributed by atoms with Gasteiger partial charge in [-0.3, -0.25) is 0 Å². The molecule has 21 heavy (non-hydrogen) atoms. The third-order valence-electron chi connectivity index (χ3n) is 2.48. The predicted molar refractivity (Wildman–Crippen MR) is 91.7 cm³/mol. The van der Waals surface area contributed by atoms with Gasteiger partial charge in [-0.05, 0) is 51.3 Å². The van der Waals surface area contributed by atoms with Crippen LogP contribution in [0.4, 0.5) is 10.5 Å². The van der Waals surface area contributed by atoms with Gasteiger partial charge in [0, 0.05) is 18.3 Å². The van der Waals surface area contributed by atoms with Gasteiger partial charge in [0.25, 0.3) is 0 Å². The Morgan fingerprint density at radius 1 is 1.24 bits per heavy atom. The maximum Gasteiger partial charge on any atom is 0.318 e. The van der Waals surface area contributed by atoms with Gasteiger partial charge in [-0.2, -0.15) is 0 Å². The standard InChI is InChI=1S/C13H20N2O.C4H11N/c1-3-4-5-7-11-8-6-9-12(10-11)15-13(16)14-2;1-4(2,3)5/h6,8-10H,3-5,7H2,1-2H3,(H2,14,15,16);5H2,1-3H3. The minimum absolute atomic E-state index is 0. The van der Waals surface area contributed by atoms with Crippen molar-refractivity contribution in [3.05, 3.63) is 29.8 Å². The van der Waals surface area contributed by atoms with Crippen LogP contribution in [0, 0.1) is 0 Å². The zero-order valence-corrected chi connectivity index (χ0v) is 14.1. The van der Waals surface area contributed by atoms with Crippen molar-refractivity contribution in [2.45, 2.75) is 58.9 Å². The topological polar surface area (TPSA) is 67.1 Å². The Morgan fingerprint density at radius 3 is 2.38 bits per heavy atom. The normalized spacial score (nSPS) is 10.4. The van der Waals surface area contributed by atoms with Gasteiger partial charge in [0.1, 0.15) is 0 Å². The third kappa shape index (κ3) is 13.2. The molecule has 0 saturated heterocycles. The van der Waals surface area contributed by atoms with Crippen molar-refractivity contribution in [2.75, 3.05) is 12.4 Å². The lowest BCUT2D eigenvalue weighted by molar-refractivity contribution is 0.254. The summed E-state index contributed by atoms with van der Waals surface area (Å²) in [5.74, 6) is 0. The second-order valence-corrected chi connectivity index (χ2v) is 6.23. The monoisotopic (exact) mass is 293 g/mol. The molecule has 1 aromatic carbocycles. The summed E-state index contributed by atoms with van der Waals surface area (Å²) in [6.07, 6.45) is 4.78. The molecule has 0 aliphatic rings. The predicted octanol–water partition coefficient (Wildman–Crippen LogP) is 3.91. The number of hydrogen-bond donors (Lipinski definition) is 3. The van der Waals surface area contributed by atoms with Crippen molar-refractivity contribution in [2.24, 2.45) is 5.73 Å². The lowest BCUT2D eigenvalue weighted by Crippen LogP contribution is -2.26. The fourth-order valence-electron chi connectivity index (χ4n) is 1.58. The van der Waals surface area contributed by atoms with Crippen molar-refractivity contribution in [1.82, 2.24) is 5.32 Å². The average molecular weight is 293 g/mol. The number of benzene rings is 1. The molecule has 0 saturated carbocycles. The zero-order valence-electron chi connectivity index (χ0n) is 14.1. The van der Waals surface area contributed by atoms with E-state index < -0.39 is 0 Å². The highest BCUT2D eigenvalue weighted by atomic mass is 16.2. The molecular formula is C17H31N3O. The number of unbranched alkanes of at least 4 members (excludes halogenated alkanes) is 2. The van der Waals surface area contributed by atoms with E-state index >= 15 is 0 Å². The van der Waals surface area contributed by atoms with Crippen LogP contribution in [0.3, 0.4) is 0 Å².